The summed E-state index contributed by atoms with van der Waals surface area (Å²) < 4.78 is 25.6. The van der Waals surface area contributed by atoms with Crippen molar-refractivity contribution in [3.05, 3.63) is 23.9 Å². The van der Waals surface area contributed by atoms with Gasteiger partial charge in [0.2, 0.25) is 0 Å². The van der Waals surface area contributed by atoms with Crippen LogP contribution in [0.15, 0.2) is 23.4 Å². The summed E-state index contributed by atoms with van der Waals surface area (Å²) in [5, 5.41) is -0.122. The van der Waals surface area contributed by atoms with E-state index in [4.69, 9.17) is 5.73 Å². The summed E-state index contributed by atoms with van der Waals surface area (Å²) in [6.07, 6.45) is 3.98. The third-order valence-electron chi connectivity index (χ3n) is 3.87. The standard InChI is InChI=1S/C12H15N3O3S/c13-6-5-12(3-4-12)8-15-11(16)9-2-1-7-14-10(9)19(15,17)18/h1-2,7H,3-6,8,13H2. The van der Waals surface area contributed by atoms with Gasteiger partial charge >= 0.3 is 0 Å². The van der Waals surface area contributed by atoms with Crippen LogP contribution in [0, 0.1) is 5.41 Å². The second-order valence-electron chi connectivity index (χ2n) is 5.21. The monoisotopic (exact) mass is 281 g/mol. The lowest BCUT2D eigenvalue weighted by Gasteiger charge is -2.21. The Bertz CT molecular complexity index is 637. The lowest BCUT2D eigenvalue weighted by molar-refractivity contribution is 0.0850. The number of carbonyl (C=O) groups excluding carboxylic acids is 1. The van der Waals surface area contributed by atoms with Gasteiger partial charge in [0.05, 0.1) is 5.56 Å². The highest BCUT2D eigenvalue weighted by Crippen LogP contribution is 2.50. The lowest BCUT2D eigenvalue weighted by atomic mass is 10.0. The van der Waals surface area contributed by atoms with E-state index in [1.807, 2.05) is 0 Å². The number of nitrogens with two attached hydrogens (primary N) is 1. The molecule has 2 N–H and O–H groups in total. The topological polar surface area (TPSA) is 93.4 Å². The molecule has 19 heavy (non-hydrogen) atoms. The van der Waals surface area contributed by atoms with Gasteiger partial charge in [0.15, 0.2) is 5.03 Å². The molecule has 1 aromatic rings. The molecule has 1 aliphatic carbocycles. The number of fused-ring (bicyclic) bond motifs is 1. The van der Waals surface area contributed by atoms with Crippen molar-refractivity contribution in [1.82, 2.24) is 9.29 Å². The van der Waals surface area contributed by atoms with E-state index in [-0.39, 0.29) is 22.5 Å². The van der Waals surface area contributed by atoms with Crippen LogP contribution in [-0.2, 0) is 10.0 Å². The van der Waals surface area contributed by atoms with E-state index in [0.29, 0.717) is 6.54 Å². The molecule has 3 rings (SSSR count). The van der Waals surface area contributed by atoms with Crippen LogP contribution in [0.5, 0.6) is 0 Å². The molecule has 1 saturated carbocycles. The maximum Gasteiger partial charge on any atom is 0.285 e. The first kappa shape index (κ1) is 12.6. The minimum absolute atomic E-state index is 0.112. The average Bonchev–Trinajstić information content (AvgIpc) is 3.12. The Kier molecular flexibility index (Phi) is 2.65. The largest absolute Gasteiger partial charge is 0.330 e. The molecule has 1 aliphatic heterocycles. The molecule has 1 amide bonds. The third-order valence-corrected chi connectivity index (χ3v) is 5.56. The highest BCUT2D eigenvalue weighted by atomic mass is 32.2. The van der Waals surface area contributed by atoms with Crippen LogP contribution < -0.4 is 5.73 Å². The van der Waals surface area contributed by atoms with E-state index in [0.717, 1.165) is 23.6 Å². The fraction of sp³-hybridized carbons (Fsp3) is 0.500. The van der Waals surface area contributed by atoms with E-state index >= 15 is 0 Å². The van der Waals surface area contributed by atoms with Gasteiger partial charge < -0.3 is 5.73 Å². The van der Waals surface area contributed by atoms with Crippen LogP contribution in [0.3, 0.4) is 0 Å². The summed E-state index contributed by atoms with van der Waals surface area (Å²) in [7, 11) is -3.78. The average molecular weight is 281 g/mol. The molecule has 1 fully saturated rings. The summed E-state index contributed by atoms with van der Waals surface area (Å²) in [6, 6.07) is 3.08. The first-order chi connectivity index (χ1) is 9.00. The zero-order chi connectivity index (χ0) is 13.7. The van der Waals surface area contributed by atoms with E-state index in [1.54, 1.807) is 6.07 Å². The Morgan fingerprint density at radius 2 is 2.16 bits per heavy atom. The van der Waals surface area contributed by atoms with E-state index in [9.17, 15) is 13.2 Å². The minimum Gasteiger partial charge on any atom is -0.330 e. The van der Waals surface area contributed by atoms with Crippen molar-refractivity contribution >= 4 is 15.9 Å². The van der Waals surface area contributed by atoms with Crippen LogP contribution in [0.2, 0.25) is 0 Å². The van der Waals surface area contributed by atoms with Crippen LogP contribution in [0.25, 0.3) is 0 Å². The summed E-state index contributed by atoms with van der Waals surface area (Å²) in [5.74, 6) is -0.466. The summed E-state index contributed by atoms with van der Waals surface area (Å²) >= 11 is 0. The van der Waals surface area contributed by atoms with Gasteiger partial charge in [0.25, 0.3) is 15.9 Å². The highest BCUT2D eigenvalue weighted by molar-refractivity contribution is 7.90. The van der Waals surface area contributed by atoms with Gasteiger partial charge in [-0.25, -0.2) is 9.29 Å². The van der Waals surface area contributed by atoms with Gasteiger partial charge in [-0.05, 0) is 43.4 Å². The number of nitrogens with zero attached hydrogens (tertiary/aromatic N) is 2. The predicted molar refractivity (Wildman–Crippen MR) is 67.8 cm³/mol. The molecule has 0 bridgehead atoms. The Balaban J connectivity index is 1.95. The number of hydrogen-bond donors (Lipinski definition) is 1. The number of amides is 1. The molecule has 7 heteroatoms. The van der Waals surface area contributed by atoms with Crippen molar-refractivity contribution in [2.75, 3.05) is 13.1 Å². The number of hydrogen-bond acceptors (Lipinski definition) is 5. The second-order valence-corrected chi connectivity index (χ2v) is 6.99. The van der Waals surface area contributed by atoms with Gasteiger partial charge in [-0.3, -0.25) is 4.79 Å². The first-order valence-electron chi connectivity index (χ1n) is 6.22. The van der Waals surface area contributed by atoms with Crippen LogP contribution in [0.1, 0.15) is 29.6 Å². The maximum absolute atomic E-state index is 12.3. The lowest BCUT2D eigenvalue weighted by Crippen LogP contribution is -2.36. The zero-order valence-electron chi connectivity index (χ0n) is 10.4. The normalized spacial score (nSPS) is 22.4. The number of carbonyl (C=O) groups is 1. The number of aromatic nitrogens is 1. The molecule has 1 aromatic heterocycles. The highest BCUT2D eigenvalue weighted by Gasteiger charge is 2.50. The molecule has 2 aliphatic rings. The molecule has 0 saturated heterocycles. The Morgan fingerprint density at radius 3 is 2.74 bits per heavy atom. The number of rotatable bonds is 4. The molecular formula is C12H15N3O3S. The van der Waals surface area contributed by atoms with Crippen molar-refractivity contribution < 1.29 is 13.2 Å². The molecule has 0 spiro atoms. The van der Waals surface area contributed by atoms with Gasteiger partial charge in [0, 0.05) is 12.7 Å². The van der Waals surface area contributed by atoms with Crippen LogP contribution in [0.4, 0.5) is 0 Å². The fourth-order valence-electron chi connectivity index (χ4n) is 2.54. The second kappa shape index (κ2) is 4.01. The SMILES string of the molecule is NCCC1(CN2C(=O)c3cccnc3S2(=O)=O)CC1. The summed E-state index contributed by atoms with van der Waals surface area (Å²) in [5.41, 5.74) is 5.61. The minimum atomic E-state index is -3.78. The summed E-state index contributed by atoms with van der Waals surface area (Å²) in [4.78, 5) is 16.0. The van der Waals surface area contributed by atoms with Gasteiger partial charge in [0.1, 0.15) is 0 Å². The van der Waals surface area contributed by atoms with Crippen molar-refractivity contribution in [2.45, 2.75) is 24.3 Å². The first-order valence-corrected chi connectivity index (χ1v) is 7.66. The van der Waals surface area contributed by atoms with Crippen molar-refractivity contribution in [3.63, 3.8) is 0 Å². The van der Waals surface area contributed by atoms with Gasteiger partial charge in [-0.2, -0.15) is 8.42 Å². The molecule has 0 unspecified atom stereocenters. The Hall–Kier alpha value is -1.47. The molecule has 2 heterocycles. The van der Waals surface area contributed by atoms with Crippen LogP contribution >= 0.6 is 0 Å². The van der Waals surface area contributed by atoms with Crippen molar-refractivity contribution in [1.29, 1.82) is 0 Å². The van der Waals surface area contributed by atoms with E-state index < -0.39 is 15.9 Å². The summed E-state index contributed by atoms with van der Waals surface area (Å²) in [6.45, 7) is 0.731. The fourth-order valence-corrected chi connectivity index (χ4v) is 4.14. The molecule has 6 nitrogen and oxygen atoms in total. The molecule has 102 valence electrons. The number of sulfonamides is 1. The third kappa shape index (κ3) is 1.84. The smallest absolute Gasteiger partial charge is 0.285 e. The Labute approximate surface area is 111 Å². The predicted octanol–water partition coefficient (Wildman–Crippen LogP) is 0.355. The maximum atomic E-state index is 12.3. The Morgan fingerprint density at radius 1 is 1.42 bits per heavy atom. The molecular weight excluding hydrogens is 266 g/mol. The van der Waals surface area contributed by atoms with Crippen LogP contribution in [-0.4, -0.2) is 36.7 Å². The molecule has 0 aromatic carbocycles. The number of pyridine rings is 1. The van der Waals surface area contributed by atoms with Gasteiger partial charge in [-0.1, -0.05) is 0 Å². The zero-order valence-corrected chi connectivity index (χ0v) is 11.2. The van der Waals surface area contributed by atoms with E-state index in [2.05, 4.69) is 4.98 Å². The van der Waals surface area contributed by atoms with Crippen molar-refractivity contribution in [2.24, 2.45) is 11.1 Å². The van der Waals surface area contributed by atoms with E-state index in [1.165, 1.54) is 12.3 Å². The quantitative estimate of drug-likeness (QED) is 0.859. The van der Waals surface area contributed by atoms with Crippen molar-refractivity contribution in [3.8, 4) is 0 Å². The molecule has 0 radical (unpaired) electrons. The molecule has 0 atom stereocenters. The van der Waals surface area contributed by atoms with Gasteiger partial charge in [-0.15, -0.1) is 0 Å².